The van der Waals surface area contributed by atoms with Crippen LogP contribution in [-0.4, -0.2) is 36.2 Å². The molecule has 2 atom stereocenters. The van der Waals surface area contributed by atoms with Crippen LogP contribution in [0.2, 0.25) is 0 Å². The van der Waals surface area contributed by atoms with E-state index in [4.69, 9.17) is 9.47 Å². The topological polar surface area (TPSA) is 55.8 Å². The fourth-order valence-electron chi connectivity index (χ4n) is 2.54. The Morgan fingerprint density at radius 2 is 1.65 bits per heavy atom. The number of rotatable bonds is 3. The van der Waals surface area contributed by atoms with Gasteiger partial charge in [0.05, 0.1) is 0 Å². The first-order chi connectivity index (χ1) is 11.1. The predicted octanol–water partition coefficient (Wildman–Crippen LogP) is 3.10. The van der Waals surface area contributed by atoms with Crippen LogP contribution < -0.4 is 4.74 Å². The summed E-state index contributed by atoms with van der Waals surface area (Å²) in [5.74, 6) is 0.0262. The highest BCUT2D eigenvalue weighted by molar-refractivity contribution is 5.86. The molecule has 0 N–H and O–H groups in total. The van der Waals surface area contributed by atoms with Gasteiger partial charge >= 0.3 is 12.1 Å². The summed E-state index contributed by atoms with van der Waals surface area (Å²) in [4.78, 5) is 24.7. The number of ether oxygens (including phenoxy) is 2. The van der Waals surface area contributed by atoms with Crippen molar-refractivity contribution in [3.63, 3.8) is 0 Å². The maximum atomic E-state index is 12.1. The number of benzene rings is 2. The molecule has 1 aliphatic heterocycles. The number of carbonyl (C=O) groups excluding carboxylic acids is 2. The molecular weight excluding hydrogens is 294 g/mol. The van der Waals surface area contributed by atoms with Crippen LogP contribution in [0, 0.1) is 0 Å². The minimum absolute atomic E-state index is 0.305. The summed E-state index contributed by atoms with van der Waals surface area (Å²) in [6.07, 6.45) is -0.883. The first kappa shape index (κ1) is 15.1. The summed E-state index contributed by atoms with van der Waals surface area (Å²) in [6, 6.07) is 16.6. The summed E-state index contributed by atoms with van der Waals surface area (Å²) >= 11 is 0. The number of nitrogens with zero attached hydrogens (tertiary/aromatic N) is 1. The Hall–Kier alpha value is -2.82. The van der Waals surface area contributed by atoms with E-state index < -0.39 is 18.1 Å². The number of amides is 1. The molecule has 0 unspecified atom stereocenters. The lowest BCUT2D eigenvalue weighted by Crippen LogP contribution is -2.59. The van der Waals surface area contributed by atoms with Crippen molar-refractivity contribution in [1.29, 1.82) is 0 Å². The van der Waals surface area contributed by atoms with Crippen LogP contribution >= 0.6 is 0 Å². The monoisotopic (exact) mass is 311 g/mol. The molecule has 118 valence electrons. The van der Waals surface area contributed by atoms with Crippen molar-refractivity contribution in [1.82, 2.24) is 4.90 Å². The normalized spacial score (nSPS) is 19.5. The molecule has 0 saturated carbocycles. The highest BCUT2D eigenvalue weighted by Gasteiger charge is 2.44. The quantitative estimate of drug-likeness (QED) is 0.817. The molecule has 0 aromatic heterocycles. The van der Waals surface area contributed by atoms with Gasteiger partial charge in [0.1, 0.15) is 11.9 Å². The molecule has 3 rings (SSSR count). The minimum Gasteiger partial charge on any atom is -0.458 e. The second-order valence-electron chi connectivity index (χ2n) is 5.46. The van der Waals surface area contributed by atoms with Gasteiger partial charge in [-0.3, -0.25) is 4.90 Å². The van der Waals surface area contributed by atoms with Crippen LogP contribution in [0.1, 0.15) is 6.92 Å². The largest absolute Gasteiger partial charge is 0.458 e. The molecule has 0 radical (unpaired) electrons. The molecule has 1 heterocycles. The standard InChI is InChI=1S/C18H17NO4/c1-12-16(17(20)22-12)19(2)18(21)23-15-10-8-14(9-11-15)13-6-4-3-5-7-13/h3-12,16H,1-2H3/t12-,16+/m0/s1. The van der Waals surface area contributed by atoms with E-state index in [-0.39, 0.29) is 6.10 Å². The molecule has 23 heavy (non-hydrogen) atoms. The smallest absolute Gasteiger partial charge is 0.415 e. The number of hydrogen-bond donors (Lipinski definition) is 0. The van der Waals surface area contributed by atoms with Gasteiger partial charge in [-0.15, -0.1) is 0 Å². The summed E-state index contributed by atoms with van der Waals surface area (Å²) in [7, 11) is 1.53. The van der Waals surface area contributed by atoms with Crippen molar-refractivity contribution in [3.05, 3.63) is 54.6 Å². The van der Waals surface area contributed by atoms with E-state index in [2.05, 4.69) is 0 Å². The Balaban J connectivity index is 1.66. The van der Waals surface area contributed by atoms with E-state index in [0.717, 1.165) is 11.1 Å². The first-order valence-corrected chi connectivity index (χ1v) is 7.37. The maximum absolute atomic E-state index is 12.1. The number of carbonyl (C=O) groups is 2. The van der Waals surface area contributed by atoms with Gasteiger partial charge < -0.3 is 9.47 Å². The van der Waals surface area contributed by atoms with Crippen LogP contribution in [0.25, 0.3) is 11.1 Å². The van der Waals surface area contributed by atoms with Crippen molar-refractivity contribution >= 4 is 12.1 Å². The summed E-state index contributed by atoms with van der Waals surface area (Å²) in [6.45, 7) is 1.74. The second kappa shape index (κ2) is 6.12. The average molecular weight is 311 g/mol. The first-order valence-electron chi connectivity index (χ1n) is 7.37. The average Bonchev–Trinajstić information content (AvgIpc) is 2.56. The Kier molecular flexibility index (Phi) is 4.02. The fourth-order valence-corrected chi connectivity index (χ4v) is 2.54. The van der Waals surface area contributed by atoms with Gasteiger partial charge in [-0.2, -0.15) is 0 Å². The van der Waals surface area contributed by atoms with Gasteiger partial charge in [0, 0.05) is 7.05 Å². The lowest BCUT2D eigenvalue weighted by atomic mass is 10.1. The zero-order chi connectivity index (χ0) is 16.4. The van der Waals surface area contributed by atoms with Crippen LogP contribution in [0.5, 0.6) is 5.75 Å². The predicted molar refractivity (Wildman–Crippen MR) is 85.0 cm³/mol. The van der Waals surface area contributed by atoms with E-state index in [9.17, 15) is 9.59 Å². The van der Waals surface area contributed by atoms with Gasteiger partial charge in [0.15, 0.2) is 6.04 Å². The minimum atomic E-state index is -0.578. The van der Waals surface area contributed by atoms with Gasteiger partial charge in [-0.25, -0.2) is 9.59 Å². The van der Waals surface area contributed by atoms with Crippen molar-refractivity contribution in [3.8, 4) is 16.9 Å². The maximum Gasteiger partial charge on any atom is 0.415 e. The van der Waals surface area contributed by atoms with Crippen molar-refractivity contribution in [2.45, 2.75) is 19.1 Å². The SMILES string of the molecule is C[C@@H]1OC(=O)[C@@H]1N(C)C(=O)Oc1ccc(-c2ccccc2)cc1. The van der Waals surface area contributed by atoms with Gasteiger partial charge in [-0.1, -0.05) is 42.5 Å². The zero-order valence-corrected chi connectivity index (χ0v) is 12.9. The number of likely N-dealkylation sites (N-methyl/N-ethyl adjacent to an activating group) is 1. The van der Waals surface area contributed by atoms with Gasteiger partial charge in [0.25, 0.3) is 0 Å². The fraction of sp³-hybridized carbons (Fsp3) is 0.222. The van der Waals surface area contributed by atoms with Crippen LogP contribution in [0.4, 0.5) is 4.79 Å². The number of cyclic esters (lactones) is 1. The molecule has 0 bridgehead atoms. The van der Waals surface area contributed by atoms with E-state index in [1.54, 1.807) is 19.1 Å². The van der Waals surface area contributed by atoms with E-state index in [1.165, 1.54) is 11.9 Å². The lowest BCUT2D eigenvalue weighted by Gasteiger charge is -2.37. The van der Waals surface area contributed by atoms with Gasteiger partial charge in [-0.05, 0) is 30.2 Å². The molecule has 2 aromatic carbocycles. The van der Waals surface area contributed by atoms with E-state index in [1.807, 2.05) is 42.5 Å². The molecule has 1 fully saturated rings. The van der Waals surface area contributed by atoms with Crippen molar-refractivity contribution in [2.24, 2.45) is 0 Å². The molecule has 1 amide bonds. The molecule has 5 heteroatoms. The zero-order valence-electron chi connectivity index (χ0n) is 12.9. The van der Waals surface area contributed by atoms with Gasteiger partial charge in [0.2, 0.25) is 0 Å². The van der Waals surface area contributed by atoms with Crippen LogP contribution in [-0.2, 0) is 9.53 Å². The molecule has 0 aliphatic carbocycles. The second-order valence-corrected chi connectivity index (χ2v) is 5.46. The van der Waals surface area contributed by atoms with Crippen LogP contribution in [0.15, 0.2) is 54.6 Å². The van der Waals surface area contributed by atoms with Crippen LogP contribution in [0.3, 0.4) is 0 Å². The third-order valence-corrected chi connectivity index (χ3v) is 3.86. The molecule has 2 aromatic rings. The molecule has 5 nitrogen and oxygen atoms in total. The third kappa shape index (κ3) is 3.04. The third-order valence-electron chi connectivity index (χ3n) is 3.86. The highest BCUT2D eigenvalue weighted by Crippen LogP contribution is 2.24. The molecular formula is C18H17NO4. The van der Waals surface area contributed by atoms with Crippen molar-refractivity contribution in [2.75, 3.05) is 7.05 Å². The molecule has 0 spiro atoms. The lowest BCUT2D eigenvalue weighted by molar-refractivity contribution is -0.181. The Bertz CT molecular complexity index is 712. The Morgan fingerprint density at radius 3 is 2.22 bits per heavy atom. The van der Waals surface area contributed by atoms with Crippen molar-refractivity contribution < 1.29 is 19.1 Å². The summed E-state index contributed by atoms with van der Waals surface area (Å²) < 4.78 is 10.1. The number of hydrogen-bond acceptors (Lipinski definition) is 4. The summed E-state index contributed by atoms with van der Waals surface area (Å²) in [5, 5.41) is 0. The Labute approximate surface area is 134 Å². The Morgan fingerprint density at radius 1 is 1.04 bits per heavy atom. The van der Waals surface area contributed by atoms with E-state index in [0.29, 0.717) is 5.75 Å². The highest BCUT2D eigenvalue weighted by atomic mass is 16.6. The summed E-state index contributed by atoms with van der Waals surface area (Å²) in [5.41, 5.74) is 2.13. The molecule has 1 aliphatic rings. The van der Waals surface area contributed by atoms with E-state index >= 15 is 0 Å². The number of esters is 1. The molecule has 1 saturated heterocycles.